The molecule has 1 aliphatic rings. The Hall–Kier alpha value is -1.16. The SMILES string of the molecule is Fc1cccnc1OC1CCCNC1. The Bertz CT molecular complexity index is 300. The van der Waals surface area contributed by atoms with E-state index >= 15 is 0 Å². The highest BCUT2D eigenvalue weighted by molar-refractivity contribution is 5.13. The molecule has 1 saturated heterocycles. The molecule has 1 aromatic rings. The van der Waals surface area contributed by atoms with Gasteiger partial charge in [-0.25, -0.2) is 9.37 Å². The number of pyridine rings is 1. The summed E-state index contributed by atoms with van der Waals surface area (Å²) in [5, 5.41) is 3.20. The summed E-state index contributed by atoms with van der Waals surface area (Å²) in [4.78, 5) is 3.85. The summed E-state index contributed by atoms with van der Waals surface area (Å²) >= 11 is 0. The van der Waals surface area contributed by atoms with Gasteiger partial charge in [-0.05, 0) is 31.5 Å². The lowest BCUT2D eigenvalue weighted by molar-refractivity contribution is 0.153. The number of halogens is 1. The monoisotopic (exact) mass is 196 g/mol. The predicted octanol–water partition coefficient (Wildman–Crippen LogP) is 1.35. The van der Waals surface area contributed by atoms with Crippen molar-refractivity contribution in [2.45, 2.75) is 18.9 Å². The summed E-state index contributed by atoms with van der Waals surface area (Å²) in [7, 11) is 0. The summed E-state index contributed by atoms with van der Waals surface area (Å²) in [6.45, 7) is 1.79. The number of aromatic nitrogens is 1. The molecular weight excluding hydrogens is 183 g/mol. The van der Waals surface area contributed by atoms with Gasteiger partial charge in [-0.1, -0.05) is 0 Å². The van der Waals surface area contributed by atoms with Gasteiger partial charge >= 0.3 is 0 Å². The summed E-state index contributed by atoms with van der Waals surface area (Å²) in [5.74, 6) is -0.278. The summed E-state index contributed by atoms with van der Waals surface area (Å²) < 4.78 is 18.6. The van der Waals surface area contributed by atoms with E-state index in [2.05, 4.69) is 10.3 Å². The zero-order valence-electron chi connectivity index (χ0n) is 7.87. The third-order valence-corrected chi connectivity index (χ3v) is 2.25. The third-order valence-electron chi connectivity index (χ3n) is 2.25. The van der Waals surface area contributed by atoms with Crippen molar-refractivity contribution in [3.05, 3.63) is 24.1 Å². The lowest BCUT2D eigenvalue weighted by Crippen LogP contribution is -2.37. The molecule has 1 unspecified atom stereocenters. The standard InChI is InChI=1S/C10H13FN2O/c11-9-4-2-6-13-10(9)14-8-3-1-5-12-7-8/h2,4,6,8,12H,1,3,5,7H2. The van der Waals surface area contributed by atoms with Crippen molar-refractivity contribution < 1.29 is 9.13 Å². The third kappa shape index (κ3) is 2.20. The van der Waals surface area contributed by atoms with Crippen molar-refractivity contribution in [1.29, 1.82) is 0 Å². The van der Waals surface area contributed by atoms with E-state index in [0.29, 0.717) is 0 Å². The van der Waals surface area contributed by atoms with Crippen LogP contribution < -0.4 is 10.1 Å². The molecule has 0 amide bonds. The van der Waals surface area contributed by atoms with Gasteiger partial charge in [0.15, 0.2) is 5.82 Å². The molecule has 76 valence electrons. The van der Waals surface area contributed by atoms with Crippen molar-refractivity contribution in [2.75, 3.05) is 13.1 Å². The lowest BCUT2D eigenvalue weighted by Gasteiger charge is -2.23. The molecule has 2 heterocycles. The minimum Gasteiger partial charge on any atom is -0.471 e. The van der Waals surface area contributed by atoms with E-state index in [4.69, 9.17) is 4.74 Å². The van der Waals surface area contributed by atoms with Gasteiger partial charge in [0.1, 0.15) is 6.10 Å². The van der Waals surface area contributed by atoms with Crippen LogP contribution in [0.15, 0.2) is 18.3 Å². The molecule has 0 spiro atoms. The second kappa shape index (κ2) is 4.37. The molecule has 14 heavy (non-hydrogen) atoms. The number of rotatable bonds is 2. The van der Waals surface area contributed by atoms with Gasteiger partial charge in [0.2, 0.25) is 0 Å². The second-order valence-electron chi connectivity index (χ2n) is 3.38. The maximum absolute atomic E-state index is 13.1. The Kier molecular flexibility index (Phi) is 2.93. The molecule has 4 heteroatoms. The summed E-state index contributed by atoms with van der Waals surface area (Å²) in [6, 6.07) is 2.92. The zero-order chi connectivity index (χ0) is 9.80. The zero-order valence-corrected chi connectivity index (χ0v) is 7.87. The molecule has 1 aliphatic heterocycles. The van der Waals surface area contributed by atoms with Gasteiger partial charge < -0.3 is 10.1 Å². The van der Waals surface area contributed by atoms with Gasteiger partial charge in [0, 0.05) is 12.7 Å². The van der Waals surface area contributed by atoms with Crippen molar-refractivity contribution >= 4 is 0 Å². The van der Waals surface area contributed by atoms with Crippen LogP contribution in [0.25, 0.3) is 0 Å². The topological polar surface area (TPSA) is 34.1 Å². The Balaban J connectivity index is 1.99. The van der Waals surface area contributed by atoms with Gasteiger partial charge in [-0.3, -0.25) is 0 Å². The number of piperidine rings is 1. The molecule has 1 aromatic heterocycles. The van der Waals surface area contributed by atoms with Crippen molar-refractivity contribution in [2.24, 2.45) is 0 Å². The van der Waals surface area contributed by atoms with Crippen LogP contribution in [-0.4, -0.2) is 24.2 Å². The minimum atomic E-state index is -0.391. The average Bonchev–Trinajstić information content (AvgIpc) is 2.23. The van der Waals surface area contributed by atoms with Gasteiger partial charge in [0.05, 0.1) is 0 Å². The Morgan fingerprint density at radius 1 is 1.57 bits per heavy atom. The number of nitrogens with one attached hydrogen (secondary N) is 1. The van der Waals surface area contributed by atoms with Gasteiger partial charge in [-0.2, -0.15) is 0 Å². The van der Waals surface area contributed by atoms with Crippen LogP contribution >= 0.6 is 0 Å². The fourth-order valence-electron chi connectivity index (χ4n) is 1.54. The number of ether oxygens (including phenoxy) is 1. The van der Waals surface area contributed by atoms with Crippen LogP contribution in [0.5, 0.6) is 5.88 Å². The van der Waals surface area contributed by atoms with E-state index in [-0.39, 0.29) is 12.0 Å². The van der Waals surface area contributed by atoms with Crippen molar-refractivity contribution in [1.82, 2.24) is 10.3 Å². The molecular formula is C10H13FN2O. The highest BCUT2D eigenvalue weighted by Crippen LogP contribution is 2.16. The maximum atomic E-state index is 13.1. The van der Waals surface area contributed by atoms with Crippen LogP contribution in [0.1, 0.15) is 12.8 Å². The van der Waals surface area contributed by atoms with Crippen LogP contribution in [0.4, 0.5) is 4.39 Å². The van der Waals surface area contributed by atoms with Crippen LogP contribution in [0.2, 0.25) is 0 Å². The van der Waals surface area contributed by atoms with Gasteiger partial charge in [-0.15, -0.1) is 0 Å². The molecule has 0 bridgehead atoms. The first kappa shape index (κ1) is 9.40. The lowest BCUT2D eigenvalue weighted by atomic mass is 10.1. The molecule has 1 atom stereocenters. The first-order chi connectivity index (χ1) is 6.86. The van der Waals surface area contributed by atoms with Crippen LogP contribution in [0.3, 0.4) is 0 Å². The second-order valence-corrected chi connectivity index (χ2v) is 3.38. The maximum Gasteiger partial charge on any atom is 0.250 e. The highest BCUT2D eigenvalue weighted by atomic mass is 19.1. The summed E-state index contributed by atoms with van der Waals surface area (Å²) in [6.07, 6.45) is 3.62. The molecule has 0 aliphatic carbocycles. The molecule has 1 fully saturated rings. The van der Waals surface area contributed by atoms with E-state index in [1.54, 1.807) is 6.07 Å². The van der Waals surface area contributed by atoms with E-state index in [0.717, 1.165) is 25.9 Å². The van der Waals surface area contributed by atoms with Gasteiger partial charge in [0.25, 0.3) is 5.88 Å². The van der Waals surface area contributed by atoms with Crippen molar-refractivity contribution in [3.63, 3.8) is 0 Å². The number of hydrogen-bond acceptors (Lipinski definition) is 3. The molecule has 0 radical (unpaired) electrons. The first-order valence-corrected chi connectivity index (χ1v) is 4.84. The largest absolute Gasteiger partial charge is 0.471 e. The number of nitrogens with zero attached hydrogens (tertiary/aromatic N) is 1. The molecule has 0 saturated carbocycles. The molecule has 1 N–H and O–H groups in total. The molecule has 3 nitrogen and oxygen atoms in total. The fourth-order valence-corrected chi connectivity index (χ4v) is 1.54. The van der Waals surface area contributed by atoms with Crippen LogP contribution in [0, 0.1) is 5.82 Å². The summed E-state index contributed by atoms with van der Waals surface area (Å²) in [5.41, 5.74) is 0. The minimum absolute atomic E-state index is 0.0492. The highest BCUT2D eigenvalue weighted by Gasteiger charge is 2.16. The first-order valence-electron chi connectivity index (χ1n) is 4.84. The quantitative estimate of drug-likeness (QED) is 0.775. The Labute approximate surface area is 82.3 Å². The molecule has 0 aromatic carbocycles. The number of hydrogen-bond donors (Lipinski definition) is 1. The fraction of sp³-hybridized carbons (Fsp3) is 0.500. The Morgan fingerprint density at radius 3 is 3.21 bits per heavy atom. The van der Waals surface area contributed by atoms with E-state index < -0.39 is 5.82 Å². The predicted molar refractivity (Wildman–Crippen MR) is 50.7 cm³/mol. The Morgan fingerprint density at radius 2 is 2.50 bits per heavy atom. The van der Waals surface area contributed by atoms with E-state index in [1.165, 1.54) is 12.3 Å². The molecule has 2 rings (SSSR count). The van der Waals surface area contributed by atoms with Crippen molar-refractivity contribution in [3.8, 4) is 5.88 Å². The van der Waals surface area contributed by atoms with E-state index in [1.807, 2.05) is 0 Å². The normalized spacial score (nSPS) is 21.9. The van der Waals surface area contributed by atoms with E-state index in [9.17, 15) is 4.39 Å². The smallest absolute Gasteiger partial charge is 0.250 e. The average molecular weight is 196 g/mol. The van der Waals surface area contributed by atoms with Crippen LogP contribution in [-0.2, 0) is 0 Å².